The van der Waals surface area contributed by atoms with Gasteiger partial charge in [0.25, 0.3) is 0 Å². The van der Waals surface area contributed by atoms with Gasteiger partial charge in [0.15, 0.2) is 11.5 Å². The highest BCUT2D eigenvalue weighted by molar-refractivity contribution is 7.99. The number of carbonyl (C=O) groups is 1. The average Bonchev–Trinajstić information content (AvgIpc) is 3.37. The van der Waals surface area contributed by atoms with Crippen molar-refractivity contribution in [2.75, 3.05) is 12.4 Å². The summed E-state index contributed by atoms with van der Waals surface area (Å²) < 4.78 is 7.18. The Morgan fingerprint density at radius 3 is 2.77 bits per heavy atom. The summed E-state index contributed by atoms with van der Waals surface area (Å²) in [5.41, 5.74) is 1.57. The van der Waals surface area contributed by atoms with Crippen LogP contribution in [0.1, 0.15) is 19.8 Å². The molecule has 1 N–H and O–H groups in total. The van der Waals surface area contributed by atoms with Crippen LogP contribution >= 0.6 is 11.8 Å². The second-order valence-electron chi connectivity index (χ2n) is 6.05. The largest absolute Gasteiger partial charge is 0.494 e. The van der Waals surface area contributed by atoms with Crippen molar-refractivity contribution in [2.24, 2.45) is 0 Å². The molecular formula is C18H19N5O2S. The van der Waals surface area contributed by atoms with Crippen LogP contribution in [0.2, 0.25) is 0 Å². The van der Waals surface area contributed by atoms with Crippen molar-refractivity contribution in [1.82, 2.24) is 25.1 Å². The van der Waals surface area contributed by atoms with Crippen molar-refractivity contribution in [3.8, 4) is 17.1 Å². The van der Waals surface area contributed by atoms with Gasteiger partial charge in [-0.25, -0.2) is 0 Å². The summed E-state index contributed by atoms with van der Waals surface area (Å²) in [4.78, 5) is 11.9. The molecule has 2 aromatic heterocycles. The quantitative estimate of drug-likeness (QED) is 0.645. The molecule has 1 amide bonds. The molecule has 0 bridgehead atoms. The summed E-state index contributed by atoms with van der Waals surface area (Å²) in [6, 6.07) is 11.8. The fraction of sp³-hybridized carbons (Fsp3) is 0.333. The Morgan fingerprint density at radius 1 is 1.23 bits per heavy atom. The molecule has 0 unspecified atom stereocenters. The number of rotatable bonds is 7. The predicted octanol–water partition coefficient (Wildman–Crippen LogP) is 2.56. The Hall–Kier alpha value is -2.61. The molecule has 1 aliphatic rings. The van der Waals surface area contributed by atoms with Crippen molar-refractivity contribution in [3.05, 3.63) is 36.4 Å². The monoisotopic (exact) mass is 369 g/mol. The number of aromatic nitrogens is 4. The SMILES string of the molecule is CCOc1ccc(-c2nnc3ccc(SCC(=O)NC4CC4)nn23)cc1. The molecule has 0 aliphatic heterocycles. The van der Waals surface area contributed by atoms with Crippen LogP contribution in [0.5, 0.6) is 5.75 Å². The summed E-state index contributed by atoms with van der Waals surface area (Å²) in [5, 5.41) is 16.7. The number of hydrogen-bond donors (Lipinski definition) is 1. The first-order valence-corrected chi connectivity index (χ1v) is 9.59. The van der Waals surface area contributed by atoms with E-state index in [9.17, 15) is 4.79 Å². The van der Waals surface area contributed by atoms with Gasteiger partial charge in [-0.15, -0.1) is 10.2 Å². The first-order chi connectivity index (χ1) is 12.7. The Morgan fingerprint density at radius 2 is 2.04 bits per heavy atom. The van der Waals surface area contributed by atoms with Crippen LogP contribution in [0, 0.1) is 0 Å². The minimum atomic E-state index is 0.0508. The van der Waals surface area contributed by atoms with Crippen molar-refractivity contribution in [1.29, 1.82) is 0 Å². The van der Waals surface area contributed by atoms with Gasteiger partial charge in [-0.1, -0.05) is 11.8 Å². The van der Waals surface area contributed by atoms with Gasteiger partial charge in [-0.2, -0.15) is 9.61 Å². The standard InChI is InChI=1S/C18H19N5O2S/c1-2-25-14-7-3-12(4-8-14)18-21-20-15-9-10-17(22-23(15)18)26-11-16(24)19-13-5-6-13/h3-4,7-10,13H,2,5-6,11H2,1H3,(H,19,24). The normalized spacial score (nSPS) is 13.7. The number of amides is 1. The molecule has 1 fully saturated rings. The lowest BCUT2D eigenvalue weighted by atomic mass is 10.2. The van der Waals surface area contributed by atoms with Gasteiger partial charge in [-0.05, 0) is 56.2 Å². The second kappa shape index (κ2) is 7.33. The zero-order chi connectivity index (χ0) is 17.9. The number of carbonyl (C=O) groups excluding carboxylic acids is 1. The Kier molecular flexibility index (Phi) is 4.75. The van der Waals surface area contributed by atoms with E-state index in [1.165, 1.54) is 11.8 Å². The number of nitrogens with one attached hydrogen (secondary N) is 1. The fourth-order valence-corrected chi connectivity index (χ4v) is 3.20. The maximum Gasteiger partial charge on any atom is 0.230 e. The molecule has 1 saturated carbocycles. The highest BCUT2D eigenvalue weighted by Crippen LogP contribution is 2.23. The number of ether oxygens (including phenoxy) is 1. The Balaban J connectivity index is 1.53. The molecule has 3 aromatic rings. The van der Waals surface area contributed by atoms with Gasteiger partial charge in [0.05, 0.1) is 12.4 Å². The van der Waals surface area contributed by atoms with E-state index >= 15 is 0 Å². The minimum absolute atomic E-state index is 0.0508. The van der Waals surface area contributed by atoms with E-state index in [-0.39, 0.29) is 5.91 Å². The van der Waals surface area contributed by atoms with Crippen LogP contribution in [0.25, 0.3) is 17.0 Å². The second-order valence-corrected chi connectivity index (χ2v) is 7.05. The molecule has 0 saturated heterocycles. The van der Waals surface area contributed by atoms with Crippen molar-refractivity contribution < 1.29 is 9.53 Å². The van der Waals surface area contributed by atoms with Crippen molar-refractivity contribution >= 4 is 23.3 Å². The smallest absolute Gasteiger partial charge is 0.230 e. The molecule has 1 aliphatic carbocycles. The van der Waals surface area contributed by atoms with Crippen LogP contribution in [-0.2, 0) is 4.79 Å². The first kappa shape index (κ1) is 16.8. The number of hydrogen-bond acceptors (Lipinski definition) is 6. The summed E-state index contributed by atoms with van der Waals surface area (Å²) in [5.74, 6) is 1.88. The molecule has 0 radical (unpaired) electrons. The summed E-state index contributed by atoms with van der Waals surface area (Å²) in [6.45, 7) is 2.58. The summed E-state index contributed by atoms with van der Waals surface area (Å²) >= 11 is 1.41. The van der Waals surface area contributed by atoms with E-state index in [0.29, 0.717) is 29.9 Å². The van der Waals surface area contributed by atoms with Crippen molar-refractivity contribution in [2.45, 2.75) is 30.8 Å². The third kappa shape index (κ3) is 3.80. The van der Waals surface area contributed by atoms with Crippen LogP contribution in [0.3, 0.4) is 0 Å². The topological polar surface area (TPSA) is 81.4 Å². The van der Waals surface area contributed by atoms with Crippen LogP contribution in [0.15, 0.2) is 41.4 Å². The Bertz CT molecular complexity index is 921. The van der Waals surface area contributed by atoms with Gasteiger partial charge >= 0.3 is 0 Å². The van der Waals surface area contributed by atoms with E-state index in [1.807, 2.05) is 43.3 Å². The molecule has 2 heterocycles. The van der Waals surface area contributed by atoms with Crippen LogP contribution < -0.4 is 10.1 Å². The highest BCUT2D eigenvalue weighted by Gasteiger charge is 2.23. The van der Waals surface area contributed by atoms with Gasteiger partial charge in [0.2, 0.25) is 5.91 Å². The predicted molar refractivity (Wildman–Crippen MR) is 99.3 cm³/mol. The third-order valence-electron chi connectivity index (χ3n) is 3.96. The lowest BCUT2D eigenvalue weighted by Gasteiger charge is -2.05. The lowest BCUT2D eigenvalue weighted by molar-refractivity contribution is -0.118. The molecule has 1 aromatic carbocycles. The van der Waals surface area contributed by atoms with E-state index < -0.39 is 0 Å². The van der Waals surface area contributed by atoms with Gasteiger partial charge < -0.3 is 10.1 Å². The maximum absolute atomic E-state index is 11.9. The lowest BCUT2D eigenvalue weighted by Crippen LogP contribution is -2.27. The first-order valence-electron chi connectivity index (χ1n) is 8.61. The third-order valence-corrected chi connectivity index (χ3v) is 4.88. The summed E-state index contributed by atoms with van der Waals surface area (Å²) in [7, 11) is 0. The zero-order valence-electron chi connectivity index (χ0n) is 14.4. The number of benzene rings is 1. The van der Waals surface area contributed by atoms with E-state index in [4.69, 9.17) is 4.74 Å². The molecule has 4 rings (SSSR count). The average molecular weight is 369 g/mol. The molecular weight excluding hydrogens is 350 g/mol. The number of fused-ring (bicyclic) bond motifs is 1. The molecule has 134 valence electrons. The number of nitrogens with zero attached hydrogens (tertiary/aromatic N) is 4. The van der Waals surface area contributed by atoms with Crippen molar-refractivity contribution in [3.63, 3.8) is 0 Å². The van der Waals surface area contributed by atoms with E-state index in [1.54, 1.807) is 4.52 Å². The fourth-order valence-electron chi connectivity index (χ4n) is 2.53. The highest BCUT2D eigenvalue weighted by atomic mass is 32.2. The molecule has 0 atom stereocenters. The van der Waals surface area contributed by atoms with Crippen LogP contribution in [0.4, 0.5) is 0 Å². The molecule has 26 heavy (non-hydrogen) atoms. The molecule has 0 spiro atoms. The zero-order valence-corrected chi connectivity index (χ0v) is 15.2. The van der Waals surface area contributed by atoms with E-state index in [2.05, 4.69) is 20.6 Å². The molecule has 7 nitrogen and oxygen atoms in total. The Labute approximate surface area is 155 Å². The molecule has 8 heteroatoms. The van der Waals surface area contributed by atoms with Gasteiger partial charge in [0, 0.05) is 11.6 Å². The minimum Gasteiger partial charge on any atom is -0.494 e. The van der Waals surface area contributed by atoms with Gasteiger partial charge in [0.1, 0.15) is 10.8 Å². The van der Waals surface area contributed by atoms with E-state index in [0.717, 1.165) is 29.2 Å². The maximum atomic E-state index is 11.9. The van der Waals surface area contributed by atoms with Crippen LogP contribution in [-0.4, -0.2) is 44.1 Å². The van der Waals surface area contributed by atoms with Gasteiger partial charge in [-0.3, -0.25) is 4.79 Å². The number of thioether (sulfide) groups is 1. The summed E-state index contributed by atoms with van der Waals surface area (Å²) in [6.07, 6.45) is 2.18.